The van der Waals surface area contributed by atoms with Crippen LogP contribution in [0, 0.1) is 0 Å². The summed E-state index contributed by atoms with van der Waals surface area (Å²) >= 11 is 0. The normalized spacial score (nSPS) is 13.2. The van der Waals surface area contributed by atoms with Gasteiger partial charge in [0.2, 0.25) is 10.0 Å². The Labute approximate surface area is 113 Å². The van der Waals surface area contributed by atoms with E-state index in [1.54, 1.807) is 0 Å². The van der Waals surface area contributed by atoms with Gasteiger partial charge >= 0.3 is 0 Å². The Hall–Kier alpha value is -1.22. The SMILES string of the molecule is CCCC(COC)NS(=O)(=O)c1cnccc1NN. The summed E-state index contributed by atoms with van der Waals surface area (Å²) in [5, 5.41) is 0. The highest BCUT2D eigenvalue weighted by Crippen LogP contribution is 2.18. The number of hydrazine groups is 1. The second-order valence-electron chi connectivity index (χ2n) is 4.08. The number of nitrogens with two attached hydrogens (primary N) is 1. The molecule has 0 aliphatic carbocycles. The first kappa shape index (κ1) is 15.8. The summed E-state index contributed by atoms with van der Waals surface area (Å²) in [6, 6.07) is 1.23. The molecule has 1 aromatic heterocycles. The van der Waals surface area contributed by atoms with Gasteiger partial charge in [-0.3, -0.25) is 10.8 Å². The summed E-state index contributed by atoms with van der Waals surface area (Å²) in [6.07, 6.45) is 4.27. The predicted octanol–water partition coefficient (Wildman–Crippen LogP) is 0.461. The summed E-state index contributed by atoms with van der Waals surface area (Å²) < 4.78 is 32.1. The van der Waals surface area contributed by atoms with Crippen molar-refractivity contribution in [2.24, 2.45) is 5.84 Å². The van der Waals surface area contributed by atoms with Gasteiger partial charge in [0.1, 0.15) is 4.90 Å². The summed E-state index contributed by atoms with van der Waals surface area (Å²) in [7, 11) is -2.15. The van der Waals surface area contributed by atoms with Crippen LogP contribution in [0.1, 0.15) is 19.8 Å². The smallest absolute Gasteiger partial charge is 0.244 e. The van der Waals surface area contributed by atoms with E-state index < -0.39 is 10.0 Å². The second-order valence-corrected chi connectivity index (χ2v) is 5.76. The predicted molar refractivity (Wildman–Crippen MR) is 72.9 cm³/mol. The molecule has 0 spiro atoms. The molecule has 0 amide bonds. The van der Waals surface area contributed by atoms with Crippen LogP contribution >= 0.6 is 0 Å². The van der Waals surface area contributed by atoms with E-state index in [0.29, 0.717) is 18.7 Å². The van der Waals surface area contributed by atoms with E-state index in [0.717, 1.165) is 6.42 Å². The summed E-state index contributed by atoms with van der Waals surface area (Å²) in [4.78, 5) is 3.84. The van der Waals surface area contributed by atoms with Crippen LogP contribution in [0.2, 0.25) is 0 Å². The lowest BCUT2D eigenvalue weighted by molar-refractivity contribution is 0.171. The molecule has 7 nitrogen and oxygen atoms in total. The van der Waals surface area contributed by atoms with Crippen LogP contribution in [-0.4, -0.2) is 33.2 Å². The maximum absolute atomic E-state index is 12.3. The molecular formula is C11H20N4O3S. The maximum atomic E-state index is 12.3. The number of methoxy groups -OCH3 is 1. The molecule has 0 radical (unpaired) electrons. The minimum Gasteiger partial charge on any atom is -0.383 e. The molecular weight excluding hydrogens is 268 g/mol. The number of anilines is 1. The van der Waals surface area contributed by atoms with Crippen LogP contribution in [0.3, 0.4) is 0 Å². The number of rotatable bonds is 8. The molecule has 1 heterocycles. The van der Waals surface area contributed by atoms with E-state index in [2.05, 4.69) is 15.1 Å². The lowest BCUT2D eigenvalue weighted by Gasteiger charge is -2.18. The Morgan fingerprint density at radius 3 is 2.84 bits per heavy atom. The van der Waals surface area contributed by atoms with Crippen molar-refractivity contribution in [3.63, 3.8) is 0 Å². The summed E-state index contributed by atoms with van der Waals surface area (Å²) in [5.74, 6) is 5.30. The highest BCUT2D eigenvalue weighted by molar-refractivity contribution is 7.89. The lowest BCUT2D eigenvalue weighted by atomic mass is 10.2. The average molecular weight is 288 g/mol. The highest BCUT2D eigenvalue weighted by Gasteiger charge is 2.22. The highest BCUT2D eigenvalue weighted by atomic mass is 32.2. The largest absolute Gasteiger partial charge is 0.383 e. The van der Waals surface area contributed by atoms with Crippen molar-refractivity contribution in [3.8, 4) is 0 Å². The van der Waals surface area contributed by atoms with Gasteiger partial charge in [0, 0.05) is 25.5 Å². The number of ether oxygens (including phenoxy) is 1. The van der Waals surface area contributed by atoms with Crippen LogP contribution in [0.25, 0.3) is 0 Å². The molecule has 0 bridgehead atoms. The fourth-order valence-corrected chi connectivity index (χ4v) is 3.09. The van der Waals surface area contributed by atoms with Crippen molar-refractivity contribution in [2.45, 2.75) is 30.7 Å². The molecule has 1 rings (SSSR count). The molecule has 4 N–H and O–H groups in total. The van der Waals surface area contributed by atoms with E-state index in [4.69, 9.17) is 10.6 Å². The minimum absolute atomic E-state index is 0.0229. The number of nitrogen functional groups attached to an aromatic ring is 1. The number of pyridine rings is 1. The molecule has 8 heteroatoms. The Morgan fingerprint density at radius 2 is 2.26 bits per heavy atom. The third-order valence-corrected chi connectivity index (χ3v) is 4.10. The second kappa shape index (κ2) is 7.39. The number of hydrogen-bond acceptors (Lipinski definition) is 6. The first-order valence-corrected chi connectivity index (χ1v) is 7.45. The van der Waals surface area contributed by atoms with Gasteiger partial charge in [-0.25, -0.2) is 13.1 Å². The van der Waals surface area contributed by atoms with Crippen LogP contribution in [-0.2, 0) is 14.8 Å². The third-order valence-electron chi connectivity index (χ3n) is 2.56. The van der Waals surface area contributed by atoms with Crippen LogP contribution in [0.15, 0.2) is 23.4 Å². The zero-order chi connectivity index (χ0) is 14.3. The van der Waals surface area contributed by atoms with Gasteiger partial charge in [0.15, 0.2) is 0 Å². The Bertz CT molecular complexity index is 486. The van der Waals surface area contributed by atoms with Gasteiger partial charge in [-0.15, -0.1) is 0 Å². The zero-order valence-corrected chi connectivity index (χ0v) is 11.9. The van der Waals surface area contributed by atoms with Crippen molar-refractivity contribution >= 4 is 15.7 Å². The monoisotopic (exact) mass is 288 g/mol. The zero-order valence-electron chi connectivity index (χ0n) is 11.1. The number of sulfonamides is 1. The Balaban J connectivity index is 2.96. The minimum atomic E-state index is -3.68. The molecule has 1 aromatic rings. The molecule has 108 valence electrons. The molecule has 0 saturated heterocycles. The standard InChI is InChI=1S/C11H20N4O3S/c1-3-4-9(8-18-2)15-19(16,17)11-7-13-6-5-10(11)14-12/h5-7,9,15H,3-4,8,12H2,1-2H3,(H,13,14). The molecule has 1 atom stereocenters. The number of nitrogens with zero attached hydrogens (tertiary/aromatic N) is 1. The van der Waals surface area contributed by atoms with E-state index in [9.17, 15) is 8.42 Å². The third kappa shape index (κ3) is 4.43. The van der Waals surface area contributed by atoms with Crippen molar-refractivity contribution in [1.29, 1.82) is 0 Å². The topological polar surface area (TPSA) is 106 Å². The molecule has 0 fully saturated rings. The molecule has 0 aliphatic heterocycles. The van der Waals surface area contributed by atoms with Gasteiger partial charge in [-0.1, -0.05) is 13.3 Å². The van der Waals surface area contributed by atoms with Crippen molar-refractivity contribution in [1.82, 2.24) is 9.71 Å². The van der Waals surface area contributed by atoms with Gasteiger partial charge < -0.3 is 10.2 Å². The van der Waals surface area contributed by atoms with Crippen molar-refractivity contribution < 1.29 is 13.2 Å². The van der Waals surface area contributed by atoms with Gasteiger partial charge in [-0.2, -0.15) is 0 Å². The average Bonchev–Trinajstić information content (AvgIpc) is 2.39. The molecule has 0 aromatic carbocycles. The molecule has 0 aliphatic rings. The van der Waals surface area contributed by atoms with Gasteiger partial charge in [0.05, 0.1) is 12.3 Å². The van der Waals surface area contributed by atoms with Gasteiger partial charge in [0.25, 0.3) is 0 Å². The van der Waals surface area contributed by atoms with Crippen LogP contribution in [0.5, 0.6) is 0 Å². The van der Waals surface area contributed by atoms with Crippen molar-refractivity contribution in [2.75, 3.05) is 19.1 Å². The van der Waals surface area contributed by atoms with E-state index >= 15 is 0 Å². The fourth-order valence-electron chi connectivity index (χ4n) is 1.72. The number of hydrogen-bond donors (Lipinski definition) is 3. The maximum Gasteiger partial charge on any atom is 0.244 e. The number of aromatic nitrogens is 1. The van der Waals surface area contributed by atoms with E-state index in [1.165, 1.54) is 25.6 Å². The first-order chi connectivity index (χ1) is 9.05. The Morgan fingerprint density at radius 1 is 1.53 bits per heavy atom. The summed E-state index contributed by atoms with van der Waals surface area (Å²) in [5.41, 5.74) is 2.65. The van der Waals surface area contributed by atoms with Crippen molar-refractivity contribution in [3.05, 3.63) is 18.5 Å². The summed E-state index contributed by atoms with van der Waals surface area (Å²) in [6.45, 7) is 2.30. The van der Waals surface area contributed by atoms with E-state index in [1.807, 2.05) is 6.92 Å². The fraction of sp³-hybridized carbons (Fsp3) is 0.545. The van der Waals surface area contributed by atoms with Crippen LogP contribution in [0.4, 0.5) is 5.69 Å². The Kier molecular flexibility index (Phi) is 6.16. The first-order valence-electron chi connectivity index (χ1n) is 5.97. The molecule has 1 unspecified atom stereocenters. The molecule has 19 heavy (non-hydrogen) atoms. The number of nitrogens with one attached hydrogen (secondary N) is 2. The molecule has 0 saturated carbocycles. The quantitative estimate of drug-likeness (QED) is 0.474. The lowest BCUT2D eigenvalue weighted by Crippen LogP contribution is -2.38. The van der Waals surface area contributed by atoms with Crippen LogP contribution < -0.4 is 16.0 Å². The van der Waals surface area contributed by atoms with E-state index in [-0.39, 0.29) is 10.9 Å². The van der Waals surface area contributed by atoms with Gasteiger partial charge in [-0.05, 0) is 12.5 Å².